The molecule has 0 aromatic heterocycles. The standard InChI is InChI=1S/C24H26O10S2/c1-3-17(27)31-11-5-7-13-33-22(29)19(23(30)34-14-8-6-12-32-18(28)4-2)24-35-20-15(25)9-10-16(26)21(20)36-24/h3-4,9-10,25-26H,1-2,5-8,11-14H2. The molecular formula is C24H26O10S2. The van der Waals surface area contributed by atoms with Gasteiger partial charge in [0.05, 0.1) is 40.5 Å². The van der Waals surface area contributed by atoms with Gasteiger partial charge < -0.3 is 29.2 Å². The summed E-state index contributed by atoms with van der Waals surface area (Å²) in [6, 6.07) is 2.61. The predicted molar refractivity (Wildman–Crippen MR) is 131 cm³/mol. The fraction of sp³-hybridized carbons (Fsp3) is 0.333. The normalized spacial score (nSPS) is 11.7. The van der Waals surface area contributed by atoms with Crippen LogP contribution >= 0.6 is 23.5 Å². The summed E-state index contributed by atoms with van der Waals surface area (Å²) in [5.41, 5.74) is -0.365. The average molecular weight is 539 g/mol. The quantitative estimate of drug-likeness (QED) is 0.0678. The highest BCUT2D eigenvalue weighted by molar-refractivity contribution is 8.25. The maximum Gasteiger partial charge on any atom is 0.347 e. The summed E-state index contributed by atoms with van der Waals surface area (Å²) in [6.45, 7) is 6.76. The molecule has 1 heterocycles. The SMILES string of the molecule is C=CC(=O)OCCCCOC(=O)C(C(=O)OCCCCOC(=O)C=C)=C1Sc2c(O)ccc(O)c2S1. The van der Waals surface area contributed by atoms with Crippen molar-refractivity contribution in [1.29, 1.82) is 0 Å². The molecule has 1 aromatic carbocycles. The molecule has 0 fully saturated rings. The fourth-order valence-corrected chi connectivity index (χ4v) is 5.21. The molecule has 10 nitrogen and oxygen atoms in total. The molecule has 0 radical (unpaired) electrons. The number of carbonyl (C=O) groups is 4. The number of hydrogen-bond acceptors (Lipinski definition) is 12. The summed E-state index contributed by atoms with van der Waals surface area (Å²) >= 11 is 1.89. The van der Waals surface area contributed by atoms with Gasteiger partial charge in [-0.15, -0.1) is 0 Å². The van der Waals surface area contributed by atoms with E-state index in [0.717, 1.165) is 35.7 Å². The lowest BCUT2D eigenvalue weighted by Gasteiger charge is -2.11. The van der Waals surface area contributed by atoms with Crippen LogP contribution in [-0.4, -0.2) is 60.5 Å². The highest BCUT2D eigenvalue weighted by Crippen LogP contribution is 2.58. The van der Waals surface area contributed by atoms with Crippen molar-refractivity contribution >= 4 is 47.4 Å². The third-order valence-electron chi connectivity index (χ3n) is 4.44. The Hall–Kier alpha value is -3.38. The highest BCUT2D eigenvalue weighted by atomic mass is 32.2. The van der Waals surface area contributed by atoms with Gasteiger partial charge in [-0.3, -0.25) is 0 Å². The van der Waals surface area contributed by atoms with Crippen molar-refractivity contribution in [2.24, 2.45) is 0 Å². The number of esters is 4. The molecule has 0 atom stereocenters. The number of aromatic hydroxyl groups is 2. The van der Waals surface area contributed by atoms with Crippen molar-refractivity contribution in [3.05, 3.63) is 47.3 Å². The minimum atomic E-state index is -0.926. The topological polar surface area (TPSA) is 146 Å². The summed E-state index contributed by atoms with van der Waals surface area (Å²) in [7, 11) is 0. The van der Waals surface area contributed by atoms with E-state index < -0.39 is 23.9 Å². The van der Waals surface area contributed by atoms with Crippen LogP contribution in [0.2, 0.25) is 0 Å². The van der Waals surface area contributed by atoms with Gasteiger partial charge in [0.15, 0.2) is 5.57 Å². The Bertz CT molecular complexity index is 969. The zero-order valence-electron chi connectivity index (χ0n) is 19.4. The number of unbranched alkanes of at least 4 members (excludes halogenated alkanes) is 2. The second-order valence-corrected chi connectivity index (χ2v) is 9.36. The zero-order chi connectivity index (χ0) is 26.5. The molecule has 36 heavy (non-hydrogen) atoms. The molecule has 2 rings (SSSR count). The molecular weight excluding hydrogens is 512 g/mol. The van der Waals surface area contributed by atoms with Gasteiger partial charge in [-0.2, -0.15) is 0 Å². The number of benzene rings is 1. The molecule has 0 saturated heterocycles. The van der Waals surface area contributed by atoms with E-state index in [9.17, 15) is 29.4 Å². The van der Waals surface area contributed by atoms with Crippen LogP contribution < -0.4 is 0 Å². The molecule has 0 spiro atoms. The van der Waals surface area contributed by atoms with Crippen LogP contribution in [0, 0.1) is 0 Å². The smallest absolute Gasteiger partial charge is 0.347 e. The highest BCUT2D eigenvalue weighted by Gasteiger charge is 2.34. The number of thioether (sulfide) groups is 2. The van der Waals surface area contributed by atoms with Gasteiger partial charge in [0, 0.05) is 12.2 Å². The lowest BCUT2D eigenvalue weighted by atomic mass is 10.3. The third kappa shape index (κ3) is 8.68. The van der Waals surface area contributed by atoms with Crippen LogP contribution in [0.5, 0.6) is 11.5 Å². The van der Waals surface area contributed by atoms with E-state index in [0.29, 0.717) is 35.5 Å². The Balaban J connectivity index is 2.01. The molecule has 0 unspecified atom stereocenters. The van der Waals surface area contributed by atoms with Crippen LogP contribution in [0.15, 0.2) is 57.0 Å². The molecule has 2 N–H and O–H groups in total. The van der Waals surface area contributed by atoms with Crippen molar-refractivity contribution in [3.8, 4) is 11.5 Å². The Labute approximate surface area is 216 Å². The minimum absolute atomic E-state index is 0.0397. The predicted octanol–water partition coefficient (Wildman–Crippen LogP) is 3.61. The molecule has 1 aromatic rings. The Morgan fingerprint density at radius 1 is 0.694 bits per heavy atom. The maximum atomic E-state index is 12.8. The van der Waals surface area contributed by atoms with Crippen LogP contribution in [-0.2, 0) is 38.1 Å². The second-order valence-electron chi connectivity index (χ2n) is 7.06. The number of hydrogen-bond donors (Lipinski definition) is 2. The first kappa shape index (κ1) is 28.9. The van der Waals surface area contributed by atoms with Crippen molar-refractivity contribution in [2.75, 3.05) is 26.4 Å². The number of phenolic OH excluding ortho intramolecular Hbond substituents is 2. The van der Waals surface area contributed by atoms with Crippen molar-refractivity contribution in [1.82, 2.24) is 0 Å². The Kier molecular flexibility index (Phi) is 11.9. The van der Waals surface area contributed by atoms with E-state index in [2.05, 4.69) is 13.2 Å². The van der Waals surface area contributed by atoms with Crippen molar-refractivity contribution in [3.63, 3.8) is 0 Å². The van der Waals surface area contributed by atoms with E-state index in [4.69, 9.17) is 18.9 Å². The largest absolute Gasteiger partial charge is 0.507 e. The summed E-state index contributed by atoms with van der Waals surface area (Å²) in [6.07, 6.45) is 3.69. The number of rotatable bonds is 14. The summed E-state index contributed by atoms with van der Waals surface area (Å²) in [5.74, 6) is -3.18. The molecule has 0 aliphatic carbocycles. The molecule has 1 aliphatic heterocycles. The van der Waals surface area contributed by atoms with Crippen molar-refractivity contribution in [2.45, 2.75) is 35.5 Å². The molecule has 0 saturated carbocycles. The van der Waals surface area contributed by atoms with Crippen LogP contribution in [0.3, 0.4) is 0 Å². The van der Waals surface area contributed by atoms with E-state index in [1.165, 1.54) is 12.1 Å². The van der Waals surface area contributed by atoms with Gasteiger partial charge in [-0.05, 0) is 37.8 Å². The molecule has 1 aliphatic rings. The van der Waals surface area contributed by atoms with Gasteiger partial charge >= 0.3 is 23.9 Å². The van der Waals surface area contributed by atoms with Crippen LogP contribution in [0.1, 0.15) is 25.7 Å². The van der Waals surface area contributed by atoms with Crippen molar-refractivity contribution < 1.29 is 48.3 Å². The molecule has 0 amide bonds. The summed E-state index contributed by atoms with van der Waals surface area (Å²) < 4.78 is 20.4. The number of ether oxygens (including phenoxy) is 4. The Morgan fingerprint density at radius 2 is 1.06 bits per heavy atom. The zero-order valence-corrected chi connectivity index (χ0v) is 21.0. The second kappa shape index (κ2) is 14.9. The van der Waals surface area contributed by atoms with Crippen LogP contribution in [0.4, 0.5) is 0 Å². The molecule has 194 valence electrons. The average Bonchev–Trinajstić information content (AvgIpc) is 3.31. The maximum absolute atomic E-state index is 12.8. The van der Waals surface area contributed by atoms with E-state index in [-0.39, 0.29) is 47.7 Å². The monoisotopic (exact) mass is 538 g/mol. The number of fused-ring (bicyclic) bond motifs is 1. The van der Waals surface area contributed by atoms with Gasteiger partial charge in [-0.25, -0.2) is 19.2 Å². The third-order valence-corrected chi connectivity index (χ3v) is 7.08. The fourth-order valence-electron chi connectivity index (χ4n) is 2.64. The van der Waals surface area contributed by atoms with Gasteiger partial charge in [0.25, 0.3) is 0 Å². The van der Waals surface area contributed by atoms with E-state index in [1.54, 1.807) is 0 Å². The van der Waals surface area contributed by atoms with Crippen LogP contribution in [0.25, 0.3) is 0 Å². The van der Waals surface area contributed by atoms with Gasteiger partial charge in [0.2, 0.25) is 0 Å². The number of carbonyl (C=O) groups excluding carboxylic acids is 4. The first-order valence-electron chi connectivity index (χ1n) is 10.9. The summed E-state index contributed by atoms with van der Waals surface area (Å²) in [4.78, 5) is 48.4. The van der Waals surface area contributed by atoms with Gasteiger partial charge in [0.1, 0.15) is 11.5 Å². The number of phenols is 2. The van der Waals surface area contributed by atoms with E-state index >= 15 is 0 Å². The molecule has 12 heteroatoms. The van der Waals surface area contributed by atoms with Gasteiger partial charge in [-0.1, -0.05) is 36.7 Å². The van der Waals surface area contributed by atoms with E-state index in [1.807, 2.05) is 0 Å². The lowest BCUT2D eigenvalue weighted by molar-refractivity contribution is -0.148. The Morgan fingerprint density at radius 3 is 1.42 bits per heavy atom. The molecule has 0 bridgehead atoms. The first-order chi connectivity index (χ1) is 17.3. The minimum Gasteiger partial charge on any atom is -0.507 e. The lowest BCUT2D eigenvalue weighted by Crippen LogP contribution is -2.20. The summed E-state index contributed by atoms with van der Waals surface area (Å²) in [5, 5.41) is 20.2. The first-order valence-corrected chi connectivity index (χ1v) is 12.5.